The van der Waals surface area contributed by atoms with E-state index in [1.165, 1.54) is 16.9 Å². The van der Waals surface area contributed by atoms with Gasteiger partial charge in [-0.15, -0.1) is 11.3 Å². The van der Waals surface area contributed by atoms with Crippen LogP contribution in [-0.2, 0) is 11.2 Å². The Morgan fingerprint density at radius 2 is 1.90 bits per heavy atom. The van der Waals surface area contributed by atoms with Crippen molar-refractivity contribution in [3.05, 3.63) is 64.7 Å². The number of fused-ring (bicyclic) bond motifs is 1. The lowest BCUT2D eigenvalue weighted by Gasteiger charge is -2.29. The van der Waals surface area contributed by atoms with Crippen molar-refractivity contribution in [1.29, 1.82) is 0 Å². The molecule has 148 valence electrons. The lowest BCUT2D eigenvalue weighted by molar-refractivity contribution is -0.120. The first-order valence-corrected chi connectivity index (χ1v) is 10.4. The number of thiazole rings is 1. The Morgan fingerprint density at radius 1 is 1.14 bits per heavy atom. The van der Waals surface area contributed by atoms with Crippen LogP contribution in [0, 0.1) is 6.92 Å². The zero-order valence-corrected chi connectivity index (χ0v) is 17.3. The van der Waals surface area contributed by atoms with E-state index in [1.54, 1.807) is 6.92 Å². The largest absolute Gasteiger partial charge is 0.484 e. The third-order valence-corrected chi connectivity index (χ3v) is 6.30. The summed E-state index contributed by atoms with van der Waals surface area (Å²) < 4.78 is 5.73. The Balaban J connectivity index is 1.42. The summed E-state index contributed by atoms with van der Waals surface area (Å²) in [6.45, 7) is 4.12. The predicted molar refractivity (Wildman–Crippen MR) is 115 cm³/mol. The minimum Gasteiger partial charge on any atom is -0.484 e. The van der Waals surface area contributed by atoms with Crippen molar-refractivity contribution in [2.75, 3.05) is 18.1 Å². The molecule has 29 heavy (non-hydrogen) atoms. The summed E-state index contributed by atoms with van der Waals surface area (Å²) in [4.78, 5) is 31.3. The van der Waals surface area contributed by atoms with Crippen molar-refractivity contribution in [3.63, 3.8) is 0 Å². The van der Waals surface area contributed by atoms with Crippen LogP contribution in [0.4, 0.5) is 5.69 Å². The van der Waals surface area contributed by atoms with Crippen LogP contribution in [0.1, 0.15) is 34.3 Å². The number of para-hydroxylation sites is 1. The van der Waals surface area contributed by atoms with Crippen LogP contribution < -0.4 is 9.64 Å². The zero-order chi connectivity index (χ0) is 20.4. The van der Waals surface area contributed by atoms with Crippen LogP contribution in [0.2, 0.25) is 0 Å². The molecular weight excluding hydrogens is 384 g/mol. The van der Waals surface area contributed by atoms with Crippen molar-refractivity contribution >= 4 is 28.7 Å². The van der Waals surface area contributed by atoms with Crippen molar-refractivity contribution in [2.45, 2.75) is 26.7 Å². The molecule has 0 saturated heterocycles. The van der Waals surface area contributed by atoms with Gasteiger partial charge in [0.1, 0.15) is 10.8 Å². The molecule has 0 radical (unpaired) electrons. The van der Waals surface area contributed by atoms with Crippen molar-refractivity contribution in [1.82, 2.24) is 4.98 Å². The first-order chi connectivity index (χ1) is 14.0. The molecule has 1 aromatic heterocycles. The highest BCUT2D eigenvalue weighted by molar-refractivity contribution is 7.17. The van der Waals surface area contributed by atoms with Crippen LogP contribution in [-0.4, -0.2) is 29.8 Å². The molecule has 0 atom stereocenters. The fraction of sp³-hybridized carbons (Fsp3) is 0.261. The standard InChI is InChI=1S/C23H22N2O3S/c1-15-22(16(2)26)29-23(24-15)18-9-11-19(12-10-18)28-14-21(27)25-13-5-7-17-6-3-4-8-20(17)25/h3-4,6,8-12H,5,7,13-14H2,1-2H3. The van der Waals surface area contributed by atoms with Gasteiger partial charge in [0.15, 0.2) is 12.4 Å². The summed E-state index contributed by atoms with van der Waals surface area (Å²) in [6.07, 6.45) is 1.97. The van der Waals surface area contributed by atoms with Crippen molar-refractivity contribution < 1.29 is 14.3 Å². The number of ether oxygens (including phenoxy) is 1. The highest BCUT2D eigenvalue weighted by Gasteiger charge is 2.22. The molecule has 6 heteroatoms. The maximum Gasteiger partial charge on any atom is 0.264 e. The second-order valence-electron chi connectivity index (χ2n) is 7.08. The number of hydrogen-bond acceptors (Lipinski definition) is 5. The fourth-order valence-electron chi connectivity index (χ4n) is 3.56. The molecule has 0 saturated carbocycles. The lowest BCUT2D eigenvalue weighted by atomic mass is 10.0. The number of anilines is 1. The number of hydrogen-bond donors (Lipinski definition) is 0. The SMILES string of the molecule is CC(=O)c1sc(-c2ccc(OCC(=O)N3CCCc4ccccc43)cc2)nc1C. The highest BCUT2D eigenvalue weighted by atomic mass is 32.1. The minimum atomic E-state index is -0.0390. The third-order valence-electron chi connectivity index (χ3n) is 4.99. The number of nitrogens with zero attached hydrogens (tertiary/aromatic N) is 2. The van der Waals surface area contributed by atoms with Gasteiger partial charge in [-0.2, -0.15) is 0 Å². The normalized spacial score (nSPS) is 13.1. The van der Waals surface area contributed by atoms with E-state index in [4.69, 9.17) is 4.74 Å². The van der Waals surface area contributed by atoms with Gasteiger partial charge in [0.05, 0.1) is 10.6 Å². The maximum absolute atomic E-state index is 12.7. The van der Waals surface area contributed by atoms with Crippen molar-refractivity contribution in [3.8, 4) is 16.3 Å². The Hall–Kier alpha value is -2.99. The molecule has 0 aliphatic carbocycles. The summed E-state index contributed by atoms with van der Waals surface area (Å²) in [5.41, 5.74) is 3.88. The molecular formula is C23H22N2O3S. The second kappa shape index (κ2) is 8.17. The monoisotopic (exact) mass is 406 g/mol. The van der Waals surface area contributed by atoms with E-state index in [1.807, 2.05) is 54.3 Å². The number of Topliss-reactive ketones (excluding diaryl/α,β-unsaturated/α-hetero) is 1. The number of amides is 1. The molecule has 2 heterocycles. The van der Waals surface area contributed by atoms with Gasteiger partial charge in [0.2, 0.25) is 0 Å². The van der Waals surface area contributed by atoms with E-state index in [2.05, 4.69) is 11.1 Å². The number of carbonyl (C=O) groups excluding carboxylic acids is 2. The van der Waals surface area contributed by atoms with Gasteiger partial charge in [-0.25, -0.2) is 4.98 Å². The van der Waals surface area contributed by atoms with E-state index in [0.717, 1.165) is 41.3 Å². The van der Waals surface area contributed by atoms with Crippen LogP contribution in [0.15, 0.2) is 48.5 Å². The predicted octanol–water partition coefficient (Wildman–Crippen LogP) is 4.68. The van der Waals surface area contributed by atoms with E-state index < -0.39 is 0 Å². The van der Waals surface area contributed by atoms with Gasteiger partial charge in [0.25, 0.3) is 5.91 Å². The summed E-state index contributed by atoms with van der Waals surface area (Å²) in [5, 5.41) is 0.806. The summed E-state index contributed by atoms with van der Waals surface area (Å²) >= 11 is 1.39. The molecule has 1 aliphatic heterocycles. The number of benzene rings is 2. The molecule has 4 rings (SSSR count). The number of ketones is 1. The Bertz CT molecular complexity index is 1060. The maximum atomic E-state index is 12.7. The zero-order valence-electron chi connectivity index (χ0n) is 16.5. The van der Waals surface area contributed by atoms with Crippen LogP contribution in [0.3, 0.4) is 0 Å². The third kappa shape index (κ3) is 4.07. The first kappa shape index (κ1) is 19.3. The van der Waals surface area contributed by atoms with Gasteiger partial charge in [-0.1, -0.05) is 18.2 Å². The quantitative estimate of drug-likeness (QED) is 0.577. The minimum absolute atomic E-state index is 0.00146. The molecule has 0 fully saturated rings. The molecule has 0 bridgehead atoms. The lowest BCUT2D eigenvalue weighted by Crippen LogP contribution is -2.38. The molecule has 0 N–H and O–H groups in total. The van der Waals surface area contributed by atoms with Crippen LogP contribution in [0.25, 0.3) is 10.6 Å². The fourth-order valence-corrected chi connectivity index (χ4v) is 4.52. The Morgan fingerprint density at radius 3 is 2.62 bits per heavy atom. The molecule has 0 spiro atoms. The first-order valence-electron chi connectivity index (χ1n) is 9.63. The van der Waals surface area contributed by atoms with E-state index in [-0.39, 0.29) is 18.3 Å². The Labute approximate surface area is 174 Å². The molecule has 1 amide bonds. The molecule has 1 aliphatic rings. The average molecular weight is 407 g/mol. The molecule has 3 aromatic rings. The summed E-state index contributed by atoms with van der Waals surface area (Å²) in [7, 11) is 0. The van der Waals surface area contributed by atoms with E-state index in [9.17, 15) is 9.59 Å². The molecule has 5 nitrogen and oxygen atoms in total. The topological polar surface area (TPSA) is 59.5 Å². The summed E-state index contributed by atoms with van der Waals surface area (Å²) in [5.74, 6) is 0.624. The van der Waals surface area contributed by atoms with Gasteiger partial charge < -0.3 is 9.64 Å². The Kier molecular flexibility index (Phi) is 5.45. The van der Waals surface area contributed by atoms with Crippen LogP contribution >= 0.6 is 11.3 Å². The molecule has 0 unspecified atom stereocenters. The number of rotatable bonds is 5. The van der Waals surface area contributed by atoms with Gasteiger partial charge in [-0.3, -0.25) is 9.59 Å². The molecule has 2 aromatic carbocycles. The van der Waals surface area contributed by atoms with Crippen molar-refractivity contribution in [2.24, 2.45) is 0 Å². The average Bonchev–Trinajstić information content (AvgIpc) is 3.14. The summed E-state index contributed by atoms with van der Waals surface area (Å²) in [6, 6.07) is 15.5. The van der Waals surface area contributed by atoms with Gasteiger partial charge in [-0.05, 0) is 55.7 Å². The number of carbonyl (C=O) groups is 2. The van der Waals surface area contributed by atoms with Gasteiger partial charge in [0, 0.05) is 24.7 Å². The smallest absolute Gasteiger partial charge is 0.264 e. The number of aryl methyl sites for hydroxylation is 2. The van der Waals surface area contributed by atoms with Crippen LogP contribution in [0.5, 0.6) is 5.75 Å². The highest BCUT2D eigenvalue weighted by Crippen LogP contribution is 2.30. The van der Waals surface area contributed by atoms with E-state index in [0.29, 0.717) is 10.6 Å². The second-order valence-corrected chi connectivity index (χ2v) is 8.08. The van der Waals surface area contributed by atoms with Gasteiger partial charge >= 0.3 is 0 Å². The van der Waals surface area contributed by atoms with E-state index >= 15 is 0 Å². The number of aromatic nitrogens is 1.